The van der Waals surface area contributed by atoms with Crippen LogP contribution in [0.5, 0.6) is 0 Å². The van der Waals surface area contributed by atoms with Crippen molar-refractivity contribution in [1.82, 2.24) is 15.0 Å². The maximum Gasteiger partial charge on any atom is 0.261 e. The third kappa shape index (κ3) is 2.72. The Labute approximate surface area is 122 Å². The SMILES string of the molecule is CNC(=O)/C(C#N)=C\c1cc(C)n(-c2cc(C)on2)c1C. The molecule has 2 rings (SSSR count). The van der Waals surface area contributed by atoms with Crippen molar-refractivity contribution < 1.29 is 9.32 Å². The fourth-order valence-corrected chi connectivity index (χ4v) is 2.18. The van der Waals surface area contributed by atoms with Crippen LogP contribution < -0.4 is 5.32 Å². The second-order valence-corrected chi connectivity index (χ2v) is 4.71. The van der Waals surface area contributed by atoms with Gasteiger partial charge in [0.15, 0.2) is 5.82 Å². The summed E-state index contributed by atoms with van der Waals surface area (Å²) in [6.07, 6.45) is 1.57. The molecule has 0 saturated carbocycles. The van der Waals surface area contributed by atoms with Gasteiger partial charge in [-0.25, -0.2) is 0 Å². The van der Waals surface area contributed by atoms with Gasteiger partial charge in [-0.15, -0.1) is 0 Å². The smallest absolute Gasteiger partial charge is 0.261 e. The van der Waals surface area contributed by atoms with Gasteiger partial charge in [0.2, 0.25) is 0 Å². The van der Waals surface area contributed by atoms with Gasteiger partial charge >= 0.3 is 0 Å². The molecule has 6 heteroatoms. The van der Waals surface area contributed by atoms with Crippen LogP contribution in [0, 0.1) is 32.1 Å². The summed E-state index contributed by atoms with van der Waals surface area (Å²) in [7, 11) is 1.50. The molecular formula is C15H16N4O2. The van der Waals surface area contributed by atoms with Crippen molar-refractivity contribution in [2.75, 3.05) is 7.05 Å². The predicted octanol–water partition coefficient (Wildman–Crippen LogP) is 2.04. The van der Waals surface area contributed by atoms with E-state index in [0.717, 1.165) is 22.7 Å². The van der Waals surface area contributed by atoms with Crippen LogP contribution in [0.15, 0.2) is 22.2 Å². The minimum atomic E-state index is -0.403. The number of aryl methyl sites for hydroxylation is 2. The zero-order valence-corrected chi connectivity index (χ0v) is 12.4. The molecule has 2 aromatic rings. The molecule has 2 aromatic heterocycles. The molecule has 0 spiro atoms. The second-order valence-electron chi connectivity index (χ2n) is 4.71. The number of aromatic nitrogens is 2. The number of hydrogen-bond donors (Lipinski definition) is 1. The third-order valence-corrected chi connectivity index (χ3v) is 3.21. The Hall–Kier alpha value is -2.81. The van der Waals surface area contributed by atoms with Crippen LogP contribution in [0.3, 0.4) is 0 Å². The number of nitriles is 1. The Morgan fingerprint density at radius 3 is 2.67 bits per heavy atom. The number of carbonyl (C=O) groups is 1. The molecule has 6 nitrogen and oxygen atoms in total. The highest BCUT2D eigenvalue weighted by atomic mass is 16.5. The van der Waals surface area contributed by atoms with Gasteiger partial charge in [-0.2, -0.15) is 5.26 Å². The van der Waals surface area contributed by atoms with Gasteiger partial charge in [-0.3, -0.25) is 9.36 Å². The van der Waals surface area contributed by atoms with E-state index in [1.807, 2.05) is 43.5 Å². The molecule has 108 valence electrons. The van der Waals surface area contributed by atoms with E-state index in [9.17, 15) is 4.79 Å². The van der Waals surface area contributed by atoms with Crippen LogP contribution >= 0.6 is 0 Å². The average Bonchev–Trinajstić information content (AvgIpc) is 2.99. The van der Waals surface area contributed by atoms with Gasteiger partial charge in [-0.1, -0.05) is 5.16 Å². The van der Waals surface area contributed by atoms with E-state index in [1.165, 1.54) is 7.05 Å². The van der Waals surface area contributed by atoms with E-state index >= 15 is 0 Å². The van der Waals surface area contributed by atoms with Crippen molar-refractivity contribution >= 4 is 12.0 Å². The number of amides is 1. The van der Waals surface area contributed by atoms with Crippen LogP contribution in [-0.4, -0.2) is 22.7 Å². The molecule has 0 bridgehead atoms. The van der Waals surface area contributed by atoms with Crippen LogP contribution in [0.25, 0.3) is 11.9 Å². The highest BCUT2D eigenvalue weighted by molar-refractivity contribution is 6.01. The van der Waals surface area contributed by atoms with Crippen LogP contribution in [0.4, 0.5) is 0 Å². The van der Waals surface area contributed by atoms with E-state index in [4.69, 9.17) is 9.78 Å². The lowest BCUT2D eigenvalue weighted by Crippen LogP contribution is -2.19. The molecule has 21 heavy (non-hydrogen) atoms. The lowest BCUT2D eigenvalue weighted by atomic mass is 10.1. The minimum Gasteiger partial charge on any atom is -0.360 e. The number of nitrogens with one attached hydrogen (secondary N) is 1. The Morgan fingerprint density at radius 1 is 1.43 bits per heavy atom. The highest BCUT2D eigenvalue weighted by Gasteiger charge is 2.14. The standard InChI is InChI=1S/C15H16N4O2/c1-9-5-12(7-13(8-16)15(20)17-4)11(3)19(9)14-6-10(2)21-18-14/h5-7H,1-4H3,(H,17,20)/b13-7-. The molecule has 0 atom stereocenters. The summed E-state index contributed by atoms with van der Waals surface area (Å²) in [4.78, 5) is 11.6. The molecule has 0 fully saturated rings. The normalized spacial score (nSPS) is 11.3. The predicted molar refractivity (Wildman–Crippen MR) is 77.7 cm³/mol. The molecule has 0 unspecified atom stereocenters. The van der Waals surface area contributed by atoms with Gasteiger partial charge in [-0.05, 0) is 38.5 Å². The van der Waals surface area contributed by atoms with Gasteiger partial charge in [0.05, 0.1) is 0 Å². The number of hydrogen-bond acceptors (Lipinski definition) is 4. The van der Waals surface area contributed by atoms with Gasteiger partial charge < -0.3 is 9.84 Å². The van der Waals surface area contributed by atoms with Gasteiger partial charge in [0, 0.05) is 24.5 Å². The zero-order chi connectivity index (χ0) is 15.6. The first kappa shape index (κ1) is 14.6. The summed E-state index contributed by atoms with van der Waals surface area (Å²) in [6.45, 7) is 5.66. The largest absolute Gasteiger partial charge is 0.360 e. The Morgan fingerprint density at radius 2 is 2.14 bits per heavy atom. The van der Waals surface area contributed by atoms with E-state index in [-0.39, 0.29) is 5.57 Å². The molecule has 2 heterocycles. The van der Waals surface area contributed by atoms with E-state index in [2.05, 4.69) is 10.5 Å². The maximum absolute atomic E-state index is 11.6. The molecule has 0 aromatic carbocycles. The fraction of sp³-hybridized carbons (Fsp3) is 0.267. The topological polar surface area (TPSA) is 83.9 Å². The quantitative estimate of drug-likeness (QED) is 0.690. The summed E-state index contributed by atoms with van der Waals surface area (Å²) in [5.74, 6) is 0.998. The lowest BCUT2D eigenvalue weighted by molar-refractivity contribution is -0.116. The molecule has 1 N–H and O–H groups in total. The van der Waals surface area contributed by atoms with Crippen LogP contribution in [-0.2, 0) is 4.79 Å². The molecular weight excluding hydrogens is 268 g/mol. The van der Waals surface area contributed by atoms with E-state index < -0.39 is 5.91 Å². The Balaban J connectivity index is 2.52. The van der Waals surface area contributed by atoms with Crippen molar-refractivity contribution in [3.63, 3.8) is 0 Å². The van der Waals surface area contributed by atoms with Crippen LogP contribution in [0.2, 0.25) is 0 Å². The third-order valence-electron chi connectivity index (χ3n) is 3.21. The monoisotopic (exact) mass is 284 g/mol. The number of likely N-dealkylation sites (N-methyl/N-ethyl adjacent to an activating group) is 1. The molecule has 0 aliphatic carbocycles. The summed E-state index contributed by atoms with van der Waals surface area (Å²) >= 11 is 0. The first-order chi connectivity index (χ1) is 9.97. The second kappa shape index (κ2) is 5.67. The lowest BCUT2D eigenvalue weighted by Gasteiger charge is -2.04. The zero-order valence-electron chi connectivity index (χ0n) is 12.4. The first-order valence-corrected chi connectivity index (χ1v) is 6.44. The maximum atomic E-state index is 11.6. The van der Waals surface area contributed by atoms with Crippen LogP contribution in [0.1, 0.15) is 22.7 Å². The minimum absolute atomic E-state index is 0.0640. The van der Waals surface area contributed by atoms with Crippen molar-refractivity contribution in [3.05, 3.63) is 40.4 Å². The van der Waals surface area contributed by atoms with Crippen molar-refractivity contribution in [3.8, 4) is 11.9 Å². The number of nitrogens with zero attached hydrogens (tertiary/aromatic N) is 3. The summed E-state index contributed by atoms with van der Waals surface area (Å²) in [5, 5.41) is 15.5. The van der Waals surface area contributed by atoms with Gasteiger partial charge in [0.25, 0.3) is 5.91 Å². The molecule has 0 aliphatic heterocycles. The van der Waals surface area contributed by atoms with Crippen molar-refractivity contribution in [2.45, 2.75) is 20.8 Å². The molecule has 1 amide bonds. The Bertz CT molecular complexity index is 759. The number of carbonyl (C=O) groups excluding carboxylic acids is 1. The van der Waals surface area contributed by atoms with Gasteiger partial charge in [0.1, 0.15) is 17.4 Å². The fourth-order valence-electron chi connectivity index (χ4n) is 2.18. The number of rotatable bonds is 3. The summed E-state index contributed by atoms with van der Waals surface area (Å²) < 4.78 is 7.01. The Kier molecular flexibility index (Phi) is 3.94. The molecule has 0 saturated heterocycles. The summed E-state index contributed by atoms with van der Waals surface area (Å²) in [6, 6.07) is 5.64. The average molecular weight is 284 g/mol. The molecule has 0 aliphatic rings. The highest BCUT2D eigenvalue weighted by Crippen LogP contribution is 2.22. The van der Waals surface area contributed by atoms with E-state index in [1.54, 1.807) is 6.08 Å². The van der Waals surface area contributed by atoms with E-state index in [0.29, 0.717) is 5.82 Å². The van der Waals surface area contributed by atoms with Crippen molar-refractivity contribution in [2.24, 2.45) is 0 Å². The molecule has 0 radical (unpaired) electrons. The van der Waals surface area contributed by atoms with Crippen molar-refractivity contribution in [1.29, 1.82) is 5.26 Å². The first-order valence-electron chi connectivity index (χ1n) is 6.44. The summed E-state index contributed by atoms with van der Waals surface area (Å²) in [5.41, 5.74) is 2.70.